The molecule has 2 aromatic heterocycles. The largest absolute Gasteiger partial charge is 0.378 e. The highest BCUT2D eigenvalue weighted by Crippen LogP contribution is 2.32. The minimum atomic E-state index is -0.162. The van der Waals surface area contributed by atoms with Crippen LogP contribution in [-0.2, 0) is 4.74 Å². The number of hydrogen-bond acceptors (Lipinski definition) is 8. The van der Waals surface area contributed by atoms with E-state index >= 15 is 0 Å². The molecule has 10 heteroatoms. The van der Waals surface area contributed by atoms with Crippen molar-refractivity contribution >= 4 is 45.7 Å². The Labute approximate surface area is 190 Å². The van der Waals surface area contributed by atoms with Crippen LogP contribution in [0.15, 0.2) is 29.1 Å². The number of para-hydroxylation sites is 1. The SMILES string of the molecule is CC1CCC(Nc2nc(N3CCOCC3)[nH]c(=O)c2-c2nc3ccccc3s2)CN1.Cl. The maximum Gasteiger partial charge on any atom is 0.264 e. The molecule has 0 aliphatic carbocycles. The van der Waals surface area contributed by atoms with Gasteiger partial charge in [0.1, 0.15) is 16.4 Å². The molecule has 0 amide bonds. The van der Waals surface area contributed by atoms with Crippen LogP contribution < -0.4 is 21.1 Å². The average molecular weight is 463 g/mol. The number of thiazole rings is 1. The van der Waals surface area contributed by atoms with E-state index in [0.29, 0.717) is 54.7 Å². The van der Waals surface area contributed by atoms with E-state index in [9.17, 15) is 4.79 Å². The molecule has 2 aliphatic heterocycles. The first-order valence-electron chi connectivity index (χ1n) is 10.5. The molecular formula is C21H27ClN6O2S. The van der Waals surface area contributed by atoms with Gasteiger partial charge in [0.25, 0.3) is 5.56 Å². The number of H-pyrrole nitrogens is 1. The summed E-state index contributed by atoms with van der Waals surface area (Å²) < 4.78 is 6.50. The van der Waals surface area contributed by atoms with E-state index in [1.54, 1.807) is 0 Å². The number of nitrogens with one attached hydrogen (secondary N) is 3. The summed E-state index contributed by atoms with van der Waals surface area (Å²) in [5.74, 6) is 1.20. The minimum Gasteiger partial charge on any atom is -0.378 e. The molecule has 3 N–H and O–H groups in total. The summed E-state index contributed by atoms with van der Waals surface area (Å²) in [6, 6.07) is 8.69. The van der Waals surface area contributed by atoms with Crippen LogP contribution in [0.2, 0.25) is 0 Å². The van der Waals surface area contributed by atoms with Crippen molar-refractivity contribution in [3.05, 3.63) is 34.6 Å². The predicted octanol–water partition coefficient (Wildman–Crippen LogP) is 2.86. The van der Waals surface area contributed by atoms with Gasteiger partial charge in [-0.3, -0.25) is 9.78 Å². The summed E-state index contributed by atoms with van der Waals surface area (Å²) in [5.41, 5.74) is 1.25. The number of benzene rings is 1. The smallest absolute Gasteiger partial charge is 0.264 e. The first-order chi connectivity index (χ1) is 14.7. The Balaban J connectivity index is 0.00000231. The lowest BCUT2D eigenvalue weighted by Gasteiger charge is -2.30. The van der Waals surface area contributed by atoms with E-state index in [0.717, 1.165) is 29.6 Å². The van der Waals surface area contributed by atoms with Crippen molar-refractivity contribution < 1.29 is 4.74 Å². The molecule has 0 spiro atoms. The van der Waals surface area contributed by atoms with Crippen molar-refractivity contribution in [2.75, 3.05) is 43.1 Å². The molecule has 2 fully saturated rings. The zero-order chi connectivity index (χ0) is 20.5. The van der Waals surface area contributed by atoms with Crippen molar-refractivity contribution in [3.8, 4) is 10.6 Å². The maximum absolute atomic E-state index is 13.2. The molecule has 0 radical (unpaired) electrons. The fraction of sp³-hybridized carbons (Fsp3) is 0.476. The standard InChI is InChI=1S/C21H26N6O2S.ClH/c1-13-6-7-14(12-22-13)23-18-17(20-24-15-4-2-3-5-16(15)30-20)19(28)26-21(25-18)27-8-10-29-11-9-27;/h2-5,13-14,22H,6-12H2,1H3,(H2,23,25,26,28);1H. The van der Waals surface area contributed by atoms with Crippen LogP contribution in [0.1, 0.15) is 19.8 Å². The van der Waals surface area contributed by atoms with Crippen molar-refractivity contribution in [1.82, 2.24) is 20.3 Å². The van der Waals surface area contributed by atoms with Crippen molar-refractivity contribution in [2.24, 2.45) is 0 Å². The van der Waals surface area contributed by atoms with Gasteiger partial charge in [-0.05, 0) is 31.9 Å². The third-order valence-corrected chi connectivity index (χ3v) is 6.78. The highest BCUT2D eigenvalue weighted by atomic mass is 35.5. The lowest BCUT2D eigenvalue weighted by Crippen LogP contribution is -2.44. The highest BCUT2D eigenvalue weighted by Gasteiger charge is 2.24. The van der Waals surface area contributed by atoms with Crippen LogP contribution in [0.25, 0.3) is 20.8 Å². The third-order valence-electron chi connectivity index (χ3n) is 5.73. The molecule has 2 unspecified atom stereocenters. The fourth-order valence-corrected chi connectivity index (χ4v) is 4.99. The van der Waals surface area contributed by atoms with E-state index in [-0.39, 0.29) is 24.0 Å². The van der Waals surface area contributed by atoms with Gasteiger partial charge >= 0.3 is 0 Å². The summed E-state index contributed by atoms with van der Waals surface area (Å²) in [4.78, 5) is 27.9. The molecule has 0 saturated carbocycles. The summed E-state index contributed by atoms with van der Waals surface area (Å²) in [6.07, 6.45) is 2.13. The van der Waals surface area contributed by atoms with Crippen LogP contribution in [0.5, 0.6) is 0 Å². The number of morpholine rings is 1. The molecule has 5 rings (SSSR count). The van der Waals surface area contributed by atoms with Crippen molar-refractivity contribution in [3.63, 3.8) is 0 Å². The fourth-order valence-electron chi connectivity index (χ4n) is 3.98. The lowest BCUT2D eigenvalue weighted by molar-refractivity contribution is 0.122. The lowest BCUT2D eigenvalue weighted by atomic mass is 10.0. The van der Waals surface area contributed by atoms with Gasteiger partial charge in [-0.15, -0.1) is 23.7 Å². The molecule has 2 aliphatic rings. The first kappa shape index (κ1) is 22.0. The second-order valence-corrected chi connectivity index (χ2v) is 8.96. The Morgan fingerprint density at radius 1 is 1.19 bits per heavy atom. The van der Waals surface area contributed by atoms with Gasteiger partial charge in [-0.25, -0.2) is 4.98 Å². The number of aromatic amines is 1. The number of anilines is 2. The van der Waals surface area contributed by atoms with Gasteiger partial charge in [-0.2, -0.15) is 4.98 Å². The Morgan fingerprint density at radius 3 is 2.74 bits per heavy atom. The number of halogens is 1. The molecule has 3 aromatic rings. The number of nitrogens with zero attached hydrogens (tertiary/aromatic N) is 3. The number of aromatic nitrogens is 3. The molecule has 4 heterocycles. The topological polar surface area (TPSA) is 95.2 Å². The maximum atomic E-state index is 13.2. The zero-order valence-electron chi connectivity index (χ0n) is 17.4. The van der Waals surface area contributed by atoms with Gasteiger partial charge in [0.2, 0.25) is 5.95 Å². The number of hydrogen-bond donors (Lipinski definition) is 3. The van der Waals surface area contributed by atoms with E-state index in [2.05, 4.69) is 27.4 Å². The molecule has 2 saturated heterocycles. The summed E-state index contributed by atoms with van der Waals surface area (Å²) in [5, 5.41) is 7.75. The van der Waals surface area contributed by atoms with Crippen molar-refractivity contribution in [1.29, 1.82) is 0 Å². The van der Waals surface area contributed by atoms with E-state index in [4.69, 9.17) is 14.7 Å². The molecule has 8 nitrogen and oxygen atoms in total. The van der Waals surface area contributed by atoms with E-state index in [1.807, 2.05) is 24.3 Å². The van der Waals surface area contributed by atoms with Crippen LogP contribution >= 0.6 is 23.7 Å². The van der Waals surface area contributed by atoms with Gasteiger partial charge in [0, 0.05) is 31.7 Å². The Bertz CT molecular complexity index is 1060. The van der Waals surface area contributed by atoms with Gasteiger partial charge in [0.15, 0.2) is 0 Å². The molecule has 31 heavy (non-hydrogen) atoms. The first-order valence-corrected chi connectivity index (χ1v) is 11.3. The summed E-state index contributed by atoms with van der Waals surface area (Å²) >= 11 is 1.52. The quantitative estimate of drug-likeness (QED) is 0.548. The number of fused-ring (bicyclic) bond motifs is 1. The normalized spacial score (nSPS) is 21.6. The molecular weight excluding hydrogens is 436 g/mol. The molecule has 1 aromatic carbocycles. The van der Waals surface area contributed by atoms with Gasteiger partial charge in [-0.1, -0.05) is 12.1 Å². The third kappa shape index (κ3) is 4.69. The van der Waals surface area contributed by atoms with Gasteiger partial charge in [0.05, 0.1) is 23.4 Å². The van der Waals surface area contributed by atoms with E-state index in [1.165, 1.54) is 11.3 Å². The number of piperidine rings is 1. The zero-order valence-corrected chi connectivity index (χ0v) is 19.0. The van der Waals surface area contributed by atoms with Crippen LogP contribution in [-0.4, -0.2) is 59.9 Å². The molecule has 166 valence electrons. The monoisotopic (exact) mass is 462 g/mol. The predicted molar refractivity (Wildman–Crippen MR) is 128 cm³/mol. The highest BCUT2D eigenvalue weighted by molar-refractivity contribution is 7.21. The van der Waals surface area contributed by atoms with Gasteiger partial charge < -0.3 is 20.3 Å². The van der Waals surface area contributed by atoms with Crippen molar-refractivity contribution in [2.45, 2.75) is 31.8 Å². The Hall–Kier alpha value is -2.20. The second-order valence-electron chi connectivity index (χ2n) is 7.93. The minimum absolute atomic E-state index is 0. The Morgan fingerprint density at radius 2 is 2.00 bits per heavy atom. The molecule has 2 atom stereocenters. The van der Waals surface area contributed by atoms with Crippen LogP contribution in [0.4, 0.5) is 11.8 Å². The number of ether oxygens (including phenoxy) is 1. The molecule has 0 bridgehead atoms. The van der Waals surface area contributed by atoms with Crippen LogP contribution in [0, 0.1) is 0 Å². The second kappa shape index (κ2) is 9.52. The number of rotatable bonds is 4. The van der Waals surface area contributed by atoms with Crippen LogP contribution in [0.3, 0.4) is 0 Å². The average Bonchev–Trinajstić information content (AvgIpc) is 3.19. The summed E-state index contributed by atoms with van der Waals surface area (Å²) in [7, 11) is 0. The Kier molecular flexibility index (Phi) is 6.76. The summed E-state index contributed by atoms with van der Waals surface area (Å²) in [6.45, 7) is 5.75. The van der Waals surface area contributed by atoms with E-state index < -0.39 is 0 Å².